The molecule has 1 saturated carbocycles. The number of pyridine rings is 1. The zero-order chi connectivity index (χ0) is 19.1. The number of hydrogen-bond donors (Lipinski definition) is 2. The Morgan fingerprint density at radius 2 is 2.07 bits per heavy atom. The molecule has 0 radical (unpaired) electrons. The molecular weight excluding hydrogens is 355 g/mol. The number of halogens is 1. The highest BCUT2D eigenvalue weighted by Crippen LogP contribution is 2.38. The van der Waals surface area contributed by atoms with Crippen LogP contribution in [0.3, 0.4) is 0 Å². The molecule has 2 N–H and O–H groups in total. The van der Waals surface area contributed by atoms with Crippen LogP contribution < -0.4 is 10.2 Å². The van der Waals surface area contributed by atoms with E-state index in [1.807, 2.05) is 37.4 Å². The molecule has 2 unspecified atom stereocenters. The number of anilines is 2. The number of fused-ring (bicyclic) bond motifs is 1. The van der Waals surface area contributed by atoms with E-state index in [1.165, 1.54) is 12.3 Å². The Hall–Kier alpha value is -3.06. The number of rotatable bonds is 5. The highest BCUT2D eigenvalue weighted by atomic mass is 19.1. The van der Waals surface area contributed by atoms with Crippen molar-refractivity contribution in [3.8, 4) is 0 Å². The molecule has 1 fully saturated rings. The number of benzene rings is 1. The van der Waals surface area contributed by atoms with Crippen molar-refractivity contribution in [2.24, 2.45) is 4.99 Å². The van der Waals surface area contributed by atoms with Gasteiger partial charge in [-0.15, -0.1) is 0 Å². The maximum absolute atomic E-state index is 13.5. The predicted molar refractivity (Wildman–Crippen MR) is 106 cm³/mol. The van der Waals surface area contributed by atoms with Crippen molar-refractivity contribution in [1.29, 1.82) is 0 Å². The van der Waals surface area contributed by atoms with Crippen LogP contribution in [0.25, 0.3) is 0 Å². The van der Waals surface area contributed by atoms with E-state index in [4.69, 9.17) is 4.99 Å². The molecule has 3 heterocycles. The van der Waals surface area contributed by atoms with E-state index in [1.54, 1.807) is 6.07 Å². The Morgan fingerprint density at radius 3 is 2.79 bits per heavy atom. The number of aryl methyl sites for hydroxylation is 1. The van der Waals surface area contributed by atoms with Gasteiger partial charge < -0.3 is 5.32 Å². The van der Waals surface area contributed by atoms with Crippen molar-refractivity contribution in [3.63, 3.8) is 0 Å². The fourth-order valence-electron chi connectivity index (χ4n) is 3.60. The van der Waals surface area contributed by atoms with Gasteiger partial charge in [-0.2, -0.15) is 5.10 Å². The first-order chi connectivity index (χ1) is 13.7. The minimum atomic E-state index is -0.341. The van der Waals surface area contributed by atoms with E-state index < -0.39 is 0 Å². The molecule has 1 aliphatic heterocycles. The van der Waals surface area contributed by atoms with Crippen LogP contribution in [-0.2, 0) is 0 Å². The molecule has 0 spiro atoms. The first kappa shape index (κ1) is 17.1. The molecule has 1 aromatic carbocycles. The molecule has 1 aliphatic carbocycles. The first-order valence-electron chi connectivity index (χ1n) is 9.50. The van der Waals surface area contributed by atoms with Gasteiger partial charge in [-0.05, 0) is 38.0 Å². The van der Waals surface area contributed by atoms with Crippen molar-refractivity contribution in [2.75, 3.05) is 4.90 Å². The Labute approximate surface area is 162 Å². The summed E-state index contributed by atoms with van der Waals surface area (Å²) < 4.78 is 13.5. The summed E-state index contributed by atoms with van der Waals surface area (Å²) in [6, 6.07) is 13.6. The van der Waals surface area contributed by atoms with Gasteiger partial charge in [-0.25, -0.2) is 4.39 Å². The minimum Gasteiger partial charge on any atom is -0.303 e. The van der Waals surface area contributed by atoms with Crippen LogP contribution in [0.4, 0.5) is 15.9 Å². The second kappa shape index (κ2) is 6.83. The molecule has 6 nitrogen and oxygen atoms in total. The zero-order valence-corrected chi connectivity index (χ0v) is 15.5. The van der Waals surface area contributed by atoms with Gasteiger partial charge in [0.2, 0.25) is 0 Å². The van der Waals surface area contributed by atoms with E-state index in [2.05, 4.69) is 31.5 Å². The molecule has 2 aromatic heterocycles. The van der Waals surface area contributed by atoms with Crippen LogP contribution >= 0.6 is 0 Å². The number of nitrogens with zero attached hydrogens (tertiary/aromatic N) is 4. The molecule has 5 rings (SSSR count). The van der Waals surface area contributed by atoms with Crippen LogP contribution in [0.15, 0.2) is 53.7 Å². The van der Waals surface area contributed by atoms with E-state index in [0.717, 1.165) is 41.3 Å². The maximum atomic E-state index is 13.5. The van der Waals surface area contributed by atoms with Crippen molar-refractivity contribution in [2.45, 2.75) is 38.0 Å². The summed E-state index contributed by atoms with van der Waals surface area (Å²) in [6.45, 7) is 1.98. The highest BCUT2D eigenvalue weighted by molar-refractivity contribution is 5.92. The minimum absolute atomic E-state index is 0.185. The van der Waals surface area contributed by atoms with Gasteiger partial charge in [0.25, 0.3) is 0 Å². The average Bonchev–Trinajstić information content (AvgIpc) is 3.44. The van der Waals surface area contributed by atoms with Gasteiger partial charge in [0.1, 0.15) is 12.0 Å². The Bertz CT molecular complexity index is 1010. The highest BCUT2D eigenvalue weighted by Gasteiger charge is 2.37. The van der Waals surface area contributed by atoms with E-state index in [-0.39, 0.29) is 18.0 Å². The average molecular weight is 376 g/mol. The van der Waals surface area contributed by atoms with Crippen LogP contribution in [0.2, 0.25) is 0 Å². The monoisotopic (exact) mass is 376 g/mol. The third-order valence-corrected chi connectivity index (χ3v) is 5.13. The lowest BCUT2D eigenvalue weighted by atomic mass is 10.0. The largest absolute Gasteiger partial charge is 0.303 e. The smallest absolute Gasteiger partial charge is 0.156 e. The lowest BCUT2D eigenvalue weighted by molar-refractivity contribution is 0.431. The molecular formula is C21H21FN6. The zero-order valence-electron chi connectivity index (χ0n) is 15.5. The van der Waals surface area contributed by atoms with Crippen molar-refractivity contribution in [3.05, 3.63) is 71.4 Å². The molecule has 2 atom stereocenters. The Kier molecular flexibility index (Phi) is 4.16. The van der Waals surface area contributed by atoms with Gasteiger partial charge in [0, 0.05) is 29.6 Å². The normalized spacial score (nSPS) is 19.5. The Morgan fingerprint density at radius 1 is 1.21 bits per heavy atom. The van der Waals surface area contributed by atoms with E-state index in [9.17, 15) is 4.39 Å². The third kappa shape index (κ3) is 3.18. The maximum Gasteiger partial charge on any atom is 0.156 e. The lowest BCUT2D eigenvalue weighted by Gasteiger charge is -2.38. The van der Waals surface area contributed by atoms with Gasteiger partial charge in [-0.1, -0.05) is 18.2 Å². The number of hydrogen-bond acceptors (Lipinski definition) is 5. The van der Waals surface area contributed by atoms with Crippen LogP contribution in [-0.4, -0.2) is 33.6 Å². The summed E-state index contributed by atoms with van der Waals surface area (Å²) in [7, 11) is 0. The van der Waals surface area contributed by atoms with Crippen molar-refractivity contribution in [1.82, 2.24) is 20.5 Å². The van der Waals surface area contributed by atoms with E-state index in [0.29, 0.717) is 6.04 Å². The molecule has 0 bridgehead atoms. The van der Waals surface area contributed by atoms with Crippen LogP contribution in [0, 0.1) is 12.7 Å². The summed E-state index contributed by atoms with van der Waals surface area (Å²) in [5, 5.41) is 11.2. The summed E-state index contributed by atoms with van der Waals surface area (Å²) >= 11 is 0. The summed E-state index contributed by atoms with van der Waals surface area (Å²) in [6.07, 6.45) is 5.15. The summed E-state index contributed by atoms with van der Waals surface area (Å²) in [5.74, 6) is 0.461. The fraction of sp³-hybridized carbons (Fsp3) is 0.286. The van der Waals surface area contributed by atoms with Crippen LogP contribution in [0.1, 0.15) is 35.8 Å². The van der Waals surface area contributed by atoms with Gasteiger partial charge in [-0.3, -0.25) is 20.0 Å². The second-order valence-electron chi connectivity index (χ2n) is 7.35. The molecule has 3 aromatic rings. The molecule has 142 valence electrons. The number of H-pyrrole nitrogens is 1. The van der Waals surface area contributed by atoms with Gasteiger partial charge in [0.15, 0.2) is 5.82 Å². The summed E-state index contributed by atoms with van der Waals surface area (Å²) in [4.78, 5) is 11.4. The van der Waals surface area contributed by atoms with Crippen LogP contribution in [0.5, 0.6) is 0 Å². The lowest BCUT2D eigenvalue weighted by Crippen LogP contribution is -2.44. The molecule has 2 aliphatic rings. The number of aromatic nitrogens is 3. The van der Waals surface area contributed by atoms with Crippen molar-refractivity contribution < 1.29 is 4.39 Å². The number of para-hydroxylation sites is 1. The second-order valence-corrected chi connectivity index (χ2v) is 7.35. The quantitative estimate of drug-likeness (QED) is 0.713. The molecule has 0 amide bonds. The molecule has 7 heteroatoms. The van der Waals surface area contributed by atoms with Gasteiger partial charge >= 0.3 is 0 Å². The predicted octanol–water partition coefficient (Wildman–Crippen LogP) is 3.64. The van der Waals surface area contributed by atoms with Gasteiger partial charge in [0.05, 0.1) is 23.6 Å². The number of aliphatic imine (C=N–C) groups is 1. The molecule has 0 saturated heterocycles. The first-order valence-corrected chi connectivity index (χ1v) is 9.50. The number of nitrogens with one attached hydrogen (secondary N) is 2. The van der Waals surface area contributed by atoms with Crippen molar-refractivity contribution >= 4 is 17.7 Å². The Balaban J connectivity index is 1.61. The topological polar surface area (TPSA) is 69.2 Å². The number of aromatic amines is 1. The molecule has 28 heavy (non-hydrogen) atoms. The third-order valence-electron chi connectivity index (χ3n) is 5.13. The summed E-state index contributed by atoms with van der Waals surface area (Å²) in [5.41, 5.74) is 3.83. The SMILES string of the molecule is Cc1cc(N2c3ccccc3C=NC2C(NC2CC2)c2ccc(F)cn2)n[nH]1. The fourth-order valence-corrected chi connectivity index (χ4v) is 3.60. The van der Waals surface area contributed by atoms with E-state index >= 15 is 0 Å². The standard InChI is InChI=1S/C21H21FN6/c1-13-10-19(27-26-13)28-18-5-3-2-4-14(18)11-24-21(28)20(25-16-7-8-16)17-9-6-15(22)12-23-17/h2-6,9-12,16,20-21,25H,7-8H2,1H3,(H,26,27).